The first-order valence-electron chi connectivity index (χ1n) is 6.49. The zero-order valence-electron chi connectivity index (χ0n) is 11.9. The molecule has 0 aliphatic heterocycles. The number of esters is 1. The van der Waals surface area contributed by atoms with Crippen molar-refractivity contribution in [2.45, 2.75) is 41.2 Å². The van der Waals surface area contributed by atoms with E-state index in [2.05, 4.69) is 32.7 Å². The summed E-state index contributed by atoms with van der Waals surface area (Å²) in [4.78, 5) is 15.6. The average Bonchev–Trinajstić information content (AvgIpc) is 2.69. The normalized spacial score (nSPS) is 20.7. The molecule has 0 atom stereocenters. The van der Waals surface area contributed by atoms with Crippen molar-refractivity contribution in [3.05, 3.63) is 18.2 Å². The Morgan fingerprint density at radius 3 is 2.50 bits per heavy atom. The fraction of sp³-hybridized carbons (Fsp3) is 0.714. The van der Waals surface area contributed by atoms with E-state index in [4.69, 9.17) is 4.74 Å². The highest BCUT2D eigenvalue weighted by Gasteiger charge is 2.64. The summed E-state index contributed by atoms with van der Waals surface area (Å²) in [5.41, 5.74) is 1.09. The van der Waals surface area contributed by atoms with Gasteiger partial charge in [-0.05, 0) is 23.7 Å². The standard InChI is InChI=1S/C14H22N2O2/c1-6-18-12(17)10-7-16(9-15-10)8-11-13(2,3)14(11,4)5/h7,9,11H,6,8H2,1-5H3. The lowest BCUT2D eigenvalue weighted by atomic mass is 10.0. The molecule has 0 bridgehead atoms. The summed E-state index contributed by atoms with van der Waals surface area (Å²) in [6.07, 6.45) is 3.50. The van der Waals surface area contributed by atoms with E-state index in [9.17, 15) is 4.79 Å². The third kappa shape index (κ3) is 1.93. The molecule has 0 aromatic carbocycles. The van der Waals surface area contributed by atoms with Gasteiger partial charge in [0, 0.05) is 12.7 Å². The molecule has 100 valence electrons. The summed E-state index contributed by atoms with van der Waals surface area (Å²) >= 11 is 0. The highest BCUT2D eigenvalue weighted by molar-refractivity contribution is 5.86. The number of hydrogen-bond acceptors (Lipinski definition) is 3. The van der Waals surface area contributed by atoms with Crippen molar-refractivity contribution in [2.24, 2.45) is 16.7 Å². The van der Waals surface area contributed by atoms with E-state index in [0.717, 1.165) is 6.54 Å². The Morgan fingerprint density at radius 2 is 2.00 bits per heavy atom. The van der Waals surface area contributed by atoms with Crippen LogP contribution in [0.3, 0.4) is 0 Å². The zero-order chi connectivity index (χ0) is 13.6. The van der Waals surface area contributed by atoms with Gasteiger partial charge in [0.15, 0.2) is 5.69 Å². The Hall–Kier alpha value is -1.32. The predicted octanol–water partition coefficient (Wildman–Crippen LogP) is 2.74. The molecule has 0 N–H and O–H groups in total. The predicted molar refractivity (Wildman–Crippen MR) is 69.2 cm³/mol. The molecule has 1 aliphatic rings. The first kappa shape index (κ1) is 13.1. The molecular formula is C14H22N2O2. The maximum atomic E-state index is 11.5. The third-order valence-corrected chi connectivity index (χ3v) is 4.83. The SMILES string of the molecule is CCOC(=O)c1cn(CC2C(C)(C)C2(C)C)cn1. The Labute approximate surface area is 108 Å². The molecule has 0 radical (unpaired) electrons. The highest BCUT2D eigenvalue weighted by Crippen LogP contribution is 2.68. The van der Waals surface area contributed by atoms with E-state index in [1.165, 1.54) is 0 Å². The number of ether oxygens (including phenoxy) is 1. The second kappa shape index (κ2) is 4.11. The van der Waals surface area contributed by atoms with Crippen molar-refractivity contribution in [3.63, 3.8) is 0 Å². The lowest BCUT2D eigenvalue weighted by molar-refractivity contribution is 0.0520. The van der Waals surface area contributed by atoms with Gasteiger partial charge in [-0.15, -0.1) is 0 Å². The molecular weight excluding hydrogens is 228 g/mol. The van der Waals surface area contributed by atoms with Crippen LogP contribution in [0.2, 0.25) is 0 Å². The molecule has 0 unspecified atom stereocenters. The lowest BCUT2D eigenvalue weighted by Crippen LogP contribution is -2.05. The molecule has 1 heterocycles. The van der Waals surface area contributed by atoms with Crippen molar-refractivity contribution in [3.8, 4) is 0 Å². The van der Waals surface area contributed by atoms with Gasteiger partial charge in [-0.3, -0.25) is 0 Å². The second-order valence-electron chi connectivity index (χ2n) is 6.17. The van der Waals surface area contributed by atoms with Crippen LogP contribution in [-0.4, -0.2) is 22.1 Å². The topological polar surface area (TPSA) is 44.1 Å². The van der Waals surface area contributed by atoms with Gasteiger partial charge >= 0.3 is 5.97 Å². The van der Waals surface area contributed by atoms with Crippen LogP contribution >= 0.6 is 0 Å². The smallest absolute Gasteiger partial charge is 0.358 e. The summed E-state index contributed by atoms with van der Waals surface area (Å²) in [5, 5.41) is 0. The first-order chi connectivity index (χ1) is 8.30. The van der Waals surface area contributed by atoms with Gasteiger partial charge in [0.2, 0.25) is 0 Å². The monoisotopic (exact) mass is 250 g/mol. The van der Waals surface area contributed by atoms with Crippen molar-refractivity contribution >= 4 is 5.97 Å². The van der Waals surface area contributed by atoms with Crippen LogP contribution in [0.4, 0.5) is 0 Å². The van der Waals surface area contributed by atoms with E-state index < -0.39 is 0 Å². The van der Waals surface area contributed by atoms with Crippen LogP contribution in [0, 0.1) is 16.7 Å². The molecule has 0 spiro atoms. The van der Waals surface area contributed by atoms with Crippen molar-refractivity contribution in [1.29, 1.82) is 0 Å². The van der Waals surface area contributed by atoms with Gasteiger partial charge in [-0.25, -0.2) is 9.78 Å². The molecule has 1 fully saturated rings. The molecule has 1 aliphatic carbocycles. The van der Waals surface area contributed by atoms with Crippen LogP contribution in [0.1, 0.15) is 45.1 Å². The van der Waals surface area contributed by atoms with Crippen LogP contribution in [0.15, 0.2) is 12.5 Å². The van der Waals surface area contributed by atoms with Gasteiger partial charge in [0.05, 0.1) is 12.9 Å². The summed E-state index contributed by atoms with van der Waals surface area (Å²) in [6.45, 7) is 12.3. The fourth-order valence-corrected chi connectivity index (χ4v) is 2.77. The maximum Gasteiger partial charge on any atom is 0.358 e. The summed E-state index contributed by atoms with van der Waals surface area (Å²) in [7, 11) is 0. The van der Waals surface area contributed by atoms with Crippen molar-refractivity contribution in [2.75, 3.05) is 6.61 Å². The Balaban J connectivity index is 2.03. The van der Waals surface area contributed by atoms with Gasteiger partial charge in [-0.1, -0.05) is 27.7 Å². The summed E-state index contributed by atoms with van der Waals surface area (Å²) in [5.74, 6) is 0.278. The minimum atomic E-state index is -0.342. The minimum absolute atomic E-state index is 0.342. The van der Waals surface area contributed by atoms with Gasteiger partial charge < -0.3 is 9.30 Å². The maximum absolute atomic E-state index is 11.5. The largest absolute Gasteiger partial charge is 0.461 e. The number of rotatable bonds is 4. The van der Waals surface area contributed by atoms with E-state index >= 15 is 0 Å². The lowest BCUT2D eigenvalue weighted by Gasteiger charge is -2.04. The molecule has 4 heteroatoms. The van der Waals surface area contributed by atoms with Gasteiger partial charge in [0.1, 0.15) is 0 Å². The number of nitrogens with zero attached hydrogens (tertiary/aromatic N) is 2. The van der Waals surface area contributed by atoms with E-state index in [1.54, 1.807) is 19.4 Å². The minimum Gasteiger partial charge on any atom is -0.461 e. The van der Waals surface area contributed by atoms with Crippen molar-refractivity contribution < 1.29 is 9.53 Å². The average molecular weight is 250 g/mol. The molecule has 18 heavy (non-hydrogen) atoms. The molecule has 0 amide bonds. The van der Waals surface area contributed by atoms with E-state index in [-0.39, 0.29) is 5.97 Å². The molecule has 4 nitrogen and oxygen atoms in total. The fourth-order valence-electron chi connectivity index (χ4n) is 2.77. The van der Waals surface area contributed by atoms with Crippen molar-refractivity contribution in [1.82, 2.24) is 9.55 Å². The summed E-state index contributed by atoms with van der Waals surface area (Å²) < 4.78 is 6.92. The summed E-state index contributed by atoms with van der Waals surface area (Å²) in [6, 6.07) is 0. The number of imidazole rings is 1. The van der Waals surface area contributed by atoms with Gasteiger partial charge in [0.25, 0.3) is 0 Å². The number of carbonyl (C=O) groups excluding carboxylic acids is 1. The molecule has 1 aromatic heterocycles. The molecule has 2 rings (SSSR count). The first-order valence-corrected chi connectivity index (χ1v) is 6.49. The van der Waals surface area contributed by atoms with Gasteiger partial charge in [-0.2, -0.15) is 0 Å². The third-order valence-electron chi connectivity index (χ3n) is 4.83. The number of hydrogen-bond donors (Lipinski definition) is 0. The molecule has 1 saturated carbocycles. The van der Waals surface area contributed by atoms with E-state index in [1.807, 2.05) is 4.57 Å². The van der Waals surface area contributed by atoms with Crippen LogP contribution in [-0.2, 0) is 11.3 Å². The Bertz CT molecular complexity index is 446. The quantitative estimate of drug-likeness (QED) is 0.772. The van der Waals surface area contributed by atoms with E-state index in [0.29, 0.717) is 29.0 Å². The number of carbonyl (C=O) groups is 1. The van der Waals surface area contributed by atoms with Crippen LogP contribution < -0.4 is 0 Å². The number of aromatic nitrogens is 2. The zero-order valence-corrected chi connectivity index (χ0v) is 11.9. The highest BCUT2D eigenvalue weighted by atomic mass is 16.5. The van der Waals surface area contributed by atoms with Crippen LogP contribution in [0.25, 0.3) is 0 Å². The molecule has 0 saturated heterocycles. The molecule has 1 aromatic rings. The Kier molecular flexibility index (Phi) is 2.99. The second-order valence-corrected chi connectivity index (χ2v) is 6.17. The Morgan fingerprint density at radius 1 is 1.39 bits per heavy atom. The van der Waals surface area contributed by atoms with Crippen LogP contribution in [0.5, 0.6) is 0 Å².